The lowest BCUT2D eigenvalue weighted by Crippen LogP contribution is -2.26. The summed E-state index contributed by atoms with van der Waals surface area (Å²) in [4.78, 5) is 14.2. The summed E-state index contributed by atoms with van der Waals surface area (Å²) in [7, 11) is 0. The molecule has 0 unspecified atom stereocenters. The monoisotopic (exact) mass is 246 g/mol. The van der Waals surface area contributed by atoms with E-state index < -0.39 is 6.09 Å². The Hall–Kier alpha value is -2.37. The van der Waals surface area contributed by atoms with Crippen LogP contribution in [-0.4, -0.2) is 27.8 Å². The van der Waals surface area contributed by atoms with Crippen LogP contribution in [0.3, 0.4) is 0 Å². The number of hydrogen-bond acceptors (Lipinski definition) is 4. The lowest BCUT2D eigenvalue weighted by molar-refractivity contribution is 0.140. The molecule has 18 heavy (non-hydrogen) atoms. The zero-order chi connectivity index (χ0) is 12.6. The van der Waals surface area contributed by atoms with E-state index in [9.17, 15) is 4.79 Å². The molecule has 0 aliphatic heterocycles. The molecule has 94 valence electrons. The fourth-order valence-electron chi connectivity index (χ4n) is 1.41. The van der Waals surface area contributed by atoms with Crippen molar-refractivity contribution in [2.75, 3.05) is 6.54 Å². The molecule has 2 rings (SSSR count). The molecule has 0 spiro atoms. The molecule has 0 saturated heterocycles. The fraction of sp³-hybridized carbons (Fsp3) is 0.250. The molecular weight excluding hydrogens is 232 g/mol. The van der Waals surface area contributed by atoms with Gasteiger partial charge in [-0.05, 0) is 5.56 Å². The number of amides is 1. The first-order chi connectivity index (χ1) is 8.84. The van der Waals surface area contributed by atoms with Crippen LogP contribution in [0.5, 0.6) is 0 Å². The number of carbonyl (C=O) groups is 1. The number of ether oxygens (including phenoxy) is 1. The third kappa shape index (κ3) is 3.89. The second kappa shape index (κ2) is 6.39. The van der Waals surface area contributed by atoms with Gasteiger partial charge in [0.05, 0.1) is 0 Å². The van der Waals surface area contributed by atoms with Gasteiger partial charge in [0.25, 0.3) is 0 Å². The topological polar surface area (TPSA) is 79.9 Å². The van der Waals surface area contributed by atoms with Gasteiger partial charge in [-0.3, -0.25) is 0 Å². The smallest absolute Gasteiger partial charge is 0.407 e. The molecule has 1 amide bonds. The summed E-state index contributed by atoms with van der Waals surface area (Å²) in [5.74, 6) is 0.735. The quantitative estimate of drug-likeness (QED) is 0.832. The van der Waals surface area contributed by atoms with E-state index in [2.05, 4.69) is 20.5 Å². The number of benzene rings is 1. The van der Waals surface area contributed by atoms with Gasteiger partial charge in [-0.15, -0.1) is 10.2 Å². The summed E-state index contributed by atoms with van der Waals surface area (Å²) in [6.07, 6.45) is 1.67. The molecule has 0 fully saturated rings. The van der Waals surface area contributed by atoms with E-state index >= 15 is 0 Å². The Bertz CT molecular complexity index is 470. The van der Waals surface area contributed by atoms with Gasteiger partial charge in [0.2, 0.25) is 0 Å². The van der Waals surface area contributed by atoms with Crippen molar-refractivity contribution in [3.63, 3.8) is 0 Å². The van der Waals surface area contributed by atoms with Crippen molar-refractivity contribution in [1.82, 2.24) is 20.5 Å². The lowest BCUT2D eigenvalue weighted by atomic mass is 10.2. The van der Waals surface area contributed by atoms with Crippen molar-refractivity contribution in [3.8, 4) is 0 Å². The van der Waals surface area contributed by atoms with Crippen LogP contribution in [0.25, 0.3) is 0 Å². The summed E-state index contributed by atoms with van der Waals surface area (Å²) < 4.78 is 5.05. The first-order valence-electron chi connectivity index (χ1n) is 5.64. The van der Waals surface area contributed by atoms with E-state index in [1.807, 2.05) is 30.3 Å². The van der Waals surface area contributed by atoms with Crippen LogP contribution < -0.4 is 5.32 Å². The molecule has 0 atom stereocenters. The molecule has 2 aromatic rings. The number of carbonyl (C=O) groups excluding carboxylic acids is 1. The maximum absolute atomic E-state index is 11.4. The van der Waals surface area contributed by atoms with Gasteiger partial charge in [-0.1, -0.05) is 30.3 Å². The van der Waals surface area contributed by atoms with E-state index in [1.165, 1.54) is 6.33 Å². The Morgan fingerprint density at radius 2 is 2.17 bits per heavy atom. The van der Waals surface area contributed by atoms with Crippen LogP contribution in [0.15, 0.2) is 36.7 Å². The number of hydrogen-bond donors (Lipinski definition) is 2. The first kappa shape index (κ1) is 12.1. The SMILES string of the molecule is O=C(NCCc1nnc[nH]1)OCc1ccccc1. The fourth-order valence-corrected chi connectivity index (χ4v) is 1.41. The minimum Gasteiger partial charge on any atom is -0.445 e. The van der Waals surface area contributed by atoms with Crippen LogP contribution in [0.1, 0.15) is 11.4 Å². The molecule has 6 nitrogen and oxygen atoms in total. The predicted octanol–water partition coefficient (Wildman–Crippen LogP) is 1.27. The minimum absolute atomic E-state index is 0.273. The summed E-state index contributed by atoms with van der Waals surface area (Å²) >= 11 is 0. The summed E-state index contributed by atoms with van der Waals surface area (Å²) in [5, 5.41) is 10.1. The van der Waals surface area contributed by atoms with E-state index in [1.54, 1.807) is 0 Å². The zero-order valence-electron chi connectivity index (χ0n) is 9.80. The van der Waals surface area contributed by atoms with E-state index in [-0.39, 0.29) is 6.61 Å². The Morgan fingerprint density at radius 3 is 2.89 bits per heavy atom. The number of rotatable bonds is 5. The summed E-state index contributed by atoms with van der Waals surface area (Å²) in [6.45, 7) is 0.734. The third-order valence-corrected chi connectivity index (χ3v) is 2.31. The average molecular weight is 246 g/mol. The molecule has 2 N–H and O–H groups in total. The van der Waals surface area contributed by atoms with Gasteiger partial charge in [-0.25, -0.2) is 4.79 Å². The molecule has 1 aromatic carbocycles. The maximum atomic E-state index is 11.4. The lowest BCUT2D eigenvalue weighted by Gasteiger charge is -2.06. The molecule has 1 heterocycles. The molecule has 0 bridgehead atoms. The highest BCUT2D eigenvalue weighted by molar-refractivity contribution is 5.67. The van der Waals surface area contributed by atoms with Gasteiger partial charge in [0.15, 0.2) is 0 Å². The van der Waals surface area contributed by atoms with Gasteiger partial charge >= 0.3 is 6.09 Å². The number of nitrogens with zero attached hydrogens (tertiary/aromatic N) is 2. The van der Waals surface area contributed by atoms with Crippen molar-refractivity contribution in [3.05, 3.63) is 48.0 Å². The number of aromatic nitrogens is 3. The normalized spacial score (nSPS) is 10.0. The molecule has 0 aliphatic rings. The largest absolute Gasteiger partial charge is 0.445 e. The van der Waals surface area contributed by atoms with Gasteiger partial charge in [0, 0.05) is 13.0 Å². The molecule has 0 aliphatic carbocycles. The van der Waals surface area contributed by atoms with Crippen molar-refractivity contribution in [2.45, 2.75) is 13.0 Å². The molecule has 1 aromatic heterocycles. The van der Waals surface area contributed by atoms with Gasteiger partial charge < -0.3 is 15.0 Å². The van der Waals surface area contributed by atoms with Crippen LogP contribution in [0.4, 0.5) is 4.79 Å². The van der Waals surface area contributed by atoms with E-state index in [0.29, 0.717) is 13.0 Å². The van der Waals surface area contributed by atoms with Crippen molar-refractivity contribution in [2.24, 2.45) is 0 Å². The van der Waals surface area contributed by atoms with Crippen LogP contribution in [0, 0.1) is 0 Å². The van der Waals surface area contributed by atoms with Crippen LogP contribution >= 0.6 is 0 Å². The van der Waals surface area contributed by atoms with Gasteiger partial charge in [-0.2, -0.15) is 0 Å². The van der Waals surface area contributed by atoms with Crippen molar-refractivity contribution in [1.29, 1.82) is 0 Å². The third-order valence-electron chi connectivity index (χ3n) is 2.31. The highest BCUT2D eigenvalue weighted by atomic mass is 16.5. The number of nitrogens with one attached hydrogen (secondary N) is 2. The molecular formula is C12H14N4O2. The Balaban J connectivity index is 1.63. The Kier molecular flexibility index (Phi) is 4.29. The Morgan fingerprint density at radius 1 is 1.33 bits per heavy atom. The number of aromatic amines is 1. The minimum atomic E-state index is -0.432. The molecule has 0 radical (unpaired) electrons. The summed E-state index contributed by atoms with van der Waals surface area (Å²) in [6, 6.07) is 9.53. The Labute approximate surface area is 104 Å². The second-order valence-corrected chi connectivity index (χ2v) is 3.67. The second-order valence-electron chi connectivity index (χ2n) is 3.67. The van der Waals surface area contributed by atoms with Crippen molar-refractivity contribution >= 4 is 6.09 Å². The first-order valence-corrected chi connectivity index (χ1v) is 5.64. The highest BCUT2D eigenvalue weighted by Crippen LogP contribution is 2.00. The zero-order valence-corrected chi connectivity index (χ0v) is 9.80. The number of H-pyrrole nitrogens is 1. The van der Waals surface area contributed by atoms with Gasteiger partial charge in [0.1, 0.15) is 18.8 Å². The average Bonchev–Trinajstić information content (AvgIpc) is 2.91. The summed E-state index contributed by atoms with van der Waals surface area (Å²) in [5.41, 5.74) is 0.961. The highest BCUT2D eigenvalue weighted by Gasteiger charge is 2.02. The van der Waals surface area contributed by atoms with E-state index in [4.69, 9.17) is 4.74 Å². The number of alkyl carbamates (subject to hydrolysis) is 1. The molecule has 6 heteroatoms. The molecule has 0 saturated carbocycles. The van der Waals surface area contributed by atoms with Crippen LogP contribution in [0.2, 0.25) is 0 Å². The van der Waals surface area contributed by atoms with Crippen LogP contribution in [-0.2, 0) is 17.8 Å². The van der Waals surface area contributed by atoms with E-state index in [0.717, 1.165) is 11.4 Å². The maximum Gasteiger partial charge on any atom is 0.407 e. The van der Waals surface area contributed by atoms with Crippen molar-refractivity contribution < 1.29 is 9.53 Å². The predicted molar refractivity (Wildman–Crippen MR) is 64.7 cm³/mol. The standard InChI is InChI=1S/C12H14N4O2/c17-12(13-7-6-11-14-9-15-16-11)18-8-10-4-2-1-3-5-10/h1-5,9H,6-8H2,(H,13,17)(H,14,15,16).